The van der Waals surface area contributed by atoms with Gasteiger partial charge in [0.2, 0.25) is 0 Å². The van der Waals surface area contributed by atoms with E-state index >= 15 is 0 Å². The molecule has 5 N–H and O–H groups in total. The summed E-state index contributed by atoms with van der Waals surface area (Å²) >= 11 is 5.90. The SMILES string of the molecule is CCCn1ccc2c(C(=O)N3CCC4(CCC(NC(=O)c5nc(Cl)c(N)nc5N)=N4)CC3)cccc21. The Labute approximate surface area is 213 Å². The number of anilines is 2. The average molecular weight is 509 g/mol. The number of fused-ring (bicyclic) bond motifs is 1. The Morgan fingerprint density at radius 3 is 2.64 bits per heavy atom. The maximum Gasteiger partial charge on any atom is 0.279 e. The highest BCUT2D eigenvalue weighted by Gasteiger charge is 2.40. The molecule has 11 heteroatoms. The van der Waals surface area contributed by atoms with E-state index in [0.717, 1.165) is 48.7 Å². The standard InChI is InChI=1S/C25H29ClN8O2/c1-2-11-33-12-7-15-16(4-3-5-17(15)33)24(36)34-13-9-25(10-14-34)8-6-18(32-25)29-23(35)19-21(27)31-22(28)20(26)30-19/h3-5,7,12H,2,6,8-11,13-14H2,1H3,(H4,27,28,31)(H,29,32,35). The van der Waals surface area contributed by atoms with Gasteiger partial charge >= 0.3 is 0 Å². The largest absolute Gasteiger partial charge is 0.382 e. The number of rotatable bonds is 4. The lowest BCUT2D eigenvalue weighted by Crippen LogP contribution is -2.45. The zero-order valence-electron chi connectivity index (χ0n) is 20.1. The monoisotopic (exact) mass is 508 g/mol. The molecule has 0 bridgehead atoms. The second-order valence-electron chi connectivity index (χ2n) is 9.41. The molecule has 5 rings (SSSR count). The predicted molar refractivity (Wildman–Crippen MR) is 140 cm³/mol. The highest BCUT2D eigenvalue weighted by molar-refractivity contribution is 6.31. The van der Waals surface area contributed by atoms with Crippen molar-refractivity contribution in [2.24, 2.45) is 4.99 Å². The maximum atomic E-state index is 13.4. The van der Waals surface area contributed by atoms with Crippen molar-refractivity contribution in [1.29, 1.82) is 0 Å². The number of amidine groups is 1. The van der Waals surface area contributed by atoms with E-state index in [9.17, 15) is 9.59 Å². The summed E-state index contributed by atoms with van der Waals surface area (Å²) in [6, 6.07) is 7.96. The lowest BCUT2D eigenvalue weighted by atomic mass is 9.85. The van der Waals surface area contributed by atoms with Crippen molar-refractivity contribution < 1.29 is 9.59 Å². The Morgan fingerprint density at radius 1 is 1.11 bits per heavy atom. The van der Waals surface area contributed by atoms with Crippen LogP contribution in [0.15, 0.2) is 35.5 Å². The van der Waals surface area contributed by atoms with Crippen molar-refractivity contribution in [3.63, 3.8) is 0 Å². The summed E-state index contributed by atoms with van der Waals surface area (Å²) in [5, 5.41) is 3.71. The first-order valence-electron chi connectivity index (χ1n) is 12.2. The van der Waals surface area contributed by atoms with Crippen LogP contribution in [0.4, 0.5) is 11.6 Å². The third kappa shape index (κ3) is 4.37. The molecule has 1 saturated heterocycles. The van der Waals surface area contributed by atoms with E-state index in [-0.39, 0.29) is 33.9 Å². The Morgan fingerprint density at radius 2 is 1.89 bits per heavy atom. The quantitative estimate of drug-likeness (QED) is 0.493. The second-order valence-corrected chi connectivity index (χ2v) is 9.77. The van der Waals surface area contributed by atoms with E-state index in [4.69, 9.17) is 28.1 Å². The molecular formula is C25H29ClN8O2. The number of benzene rings is 1. The van der Waals surface area contributed by atoms with Gasteiger partial charge in [0.25, 0.3) is 11.8 Å². The summed E-state index contributed by atoms with van der Waals surface area (Å²) in [7, 11) is 0. The molecule has 2 aromatic heterocycles. The minimum Gasteiger partial charge on any atom is -0.382 e. The van der Waals surface area contributed by atoms with Crippen LogP contribution in [0.3, 0.4) is 0 Å². The zero-order valence-corrected chi connectivity index (χ0v) is 20.9. The van der Waals surface area contributed by atoms with E-state index in [1.165, 1.54) is 0 Å². The molecule has 0 unspecified atom stereocenters. The van der Waals surface area contributed by atoms with Crippen molar-refractivity contribution in [1.82, 2.24) is 24.8 Å². The van der Waals surface area contributed by atoms with Crippen LogP contribution >= 0.6 is 11.6 Å². The Hall–Kier alpha value is -3.66. The highest BCUT2D eigenvalue weighted by Crippen LogP contribution is 2.36. The third-order valence-corrected chi connectivity index (χ3v) is 7.35. The normalized spacial score (nSPS) is 16.9. The molecule has 0 saturated carbocycles. The van der Waals surface area contributed by atoms with Crippen LogP contribution in [0.25, 0.3) is 10.9 Å². The smallest absolute Gasteiger partial charge is 0.279 e. The van der Waals surface area contributed by atoms with Crippen LogP contribution in [0.1, 0.15) is 59.9 Å². The number of halogens is 1. The lowest BCUT2D eigenvalue weighted by Gasteiger charge is -2.37. The van der Waals surface area contributed by atoms with Gasteiger partial charge in [-0.15, -0.1) is 0 Å². The number of aliphatic imine (C=N–C) groups is 1. The molecule has 1 aromatic carbocycles. The summed E-state index contributed by atoms with van der Waals surface area (Å²) in [4.78, 5) is 40.7. The Kier molecular flexibility index (Phi) is 6.29. The van der Waals surface area contributed by atoms with Gasteiger partial charge in [-0.3, -0.25) is 14.6 Å². The van der Waals surface area contributed by atoms with Gasteiger partial charge in [-0.2, -0.15) is 0 Å². The van der Waals surface area contributed by atoms with Gasteiger partial charge in [0.1, 0.15) is 5.84 Å². The van der Waals surface area contributed by atoms with Gasteiger partial charge in [-0.05, 0) is 43.9 Å². The number of likely N-dealkylation sites (tertiary alicyclic amines) is 1. The van der Waals surface area contributed by atoms with Gasteiger partial charge in [0, 0.05) is 48.7 Å². The molecular weight excluding hydrogens is 480 g/mol. The third-order valence-electron chi connectivity index (χ3n) is 7.07. The molecule has 2 aliphatic heterocycles. The Balaban J connectivity index is 1.26. The Bertz CT molecular complexity index is 1370. The molecule has 4 heterocycles. The summed E-state index contributed by atoms with van der Waals surface area (Å²) in [6.07, 6.45) is 6.00. The van der Waals surface area contributed by atoms with E-state index in [1.54, 1.807) is 0 Å². The summed E-state index contributed by atoms with van der Waals surface area (Å²) in [6.45, 7) is 4.29. The van der Waals surface area contributed by atoms with Crippen molar-refractivity contribution in [3.05, 3.63) is 46.9 Å². The number of aromatic nitrogens is 3. The summed E-state index contributed by atoms with van der Waals surface area (Å²) in [5.74, 6) is -0.00705. The number of nitrogens with two attached hydrogens (primary N) is 2. The van der Waals surface area contributed by atoms with E-state index in [2.05, 4.69) is 39.0 Å². The molecule has 0 aliphatic carbocycles. The number of carbonyl (C=O) groups is 2. The topological polar surface area (TPSA) is 145 Å². The fourth-order valence-corrected chi connectivity index (χ4v) is 5.27. The highest BCUT2D eigenvalue weighted by atomic mass is 35.5. The molecule has 1 spiro atoms. The van der Waals surface area contributed by atoms with Crippen LogP contribution < -0.4 is 16.8 Å². The van der Waals surface area contributed by atoms with Crippen molar-refractivity contribution in [2.75, 3.05) is 24.6 Å². The van der Waals surface area contributed by atoms with Gasteiger partial charge in [0.15, 0.2) is 22.5 Å². The summed E-state index contributed by atoms with van der Waals surface area (Å²) in [5.41, 5.74) is 12.8. The second kappa shape index (κ2) is 9.42. The molecule has 0 atom stereocenters. The van der Waals surface area contributed by atoms with E-state index in [1.807, 2.05) is 23.1 Å². The first kappa shape index (κ1) is 24.1. The molecule has 10 nitrogen and oxygen atoms in total. The van der Waals surface area contributed by atoms with Gasteiger partial charge in [-0.1, -0.05) is 24.6 Å². The van der Waals surface area contributed by atoms with Crippen molar-refractivity contribution in [2.45, 2.75) is 51.1 Å². The molecule has 0 radical (unpaired) electrons. The number of nitrogen functional groups attached to an aromatic ring is 2. The van der Waals surface area contributed by atoms with Gasteiger partial charge in [0.05, 0.1) is 5.54 Å². The van der Waals surface area contributed by atoms with Crippen molar-refractivity contribution in [3.8, 4) is 0 Å². The van der Waals surface area contributed by atoms with E-state index < -0.39 is 5.91 Å². The number of amides is 2. The summed E-state index contributed by atoms with van der Waals surface area (Å²) < 4.78 is 2.19. The molecule has 2 aliphatic rings. The molecule has 3 aromatic rings. The van der Waals surface area contributed by atoms with Crippen LogP contribution in [0.2, 0.25) is 5.15 Å². The molecule has 1 fully saturated rings. The first-order chi connectivity index (χ1) is 17.3. The van der Waals surface area contributed by atoms with Gasteiger partial charge < -0.3 is 26.3 Å². The number of aryl methyl sites for hydroxylation is 1. The first-order valence-corrected chi connectivity index (χ1v) is 12.5. The molecule has 188 valence electrons. The number of hydrogen-bond donors (Lipinski definition) is 3. The predicted octanol–water partition coefficient (Wildman–Crippen LogP) is 3.26. The minimum atomic E-state index is -0.520. The number of nitrogens with one attached hydrogen (secondary N) is 1. The number of nitrogens with zero attached hydrogens (tertiary/aromatic N) is 5. The van der Waals surface area contributed by atoms with Crippen LogP contribution in [-0.2, 0) is 6.54 Å². The van der Waals surface area contributed by atoms with Gasteiger partial charge in [-0.25, -0.2) is 9.97 Å². The van der Waals surface area contributed by atoms with Crippen LogP contribution in [0.5, 0.6) is 0 Å². The van der Waals surface area contributed by atoms with E-state index in [0.29, 0.717) is 25.3 Å². The average Bonchev–Trinajstić information content (AvgIpc) is 3.45. The fourth-order valence-electron chi connectivity index (χ4n) is 5.14. The number of carbonyl (C=O) groups excluding carboxylic acids is 2. The fraction of sp³-hybridized carbons (Fsp3) is 0.400. The zero-order chi connectivity index (χ0) is 25.4. The number of piperidine rings is 1. The lowest BCUT2D eigenvalue weighted by molar-refractivity contribution is 0.0675. The molecule has 36 heavy (non-hydrogen) atoms. The van der Waals surface area contributed by atoms with Crippen LogP contribution in [-0.4, -0.2) is 55.7 Å². The number of hydrogen-bond acceptors (Lipinski definition) is 7. The molecule has 2 amide bonds. The van der Waals surface area contributed by atoms with Crippen molar-refractivity contribution >= 4 is 51.8 Å². The maximum absolute atomic E-state index is 13.4. The minimum absolute atomic E-state index is 0.0288. The van der Waals surface area contributed by atoms with Crippen LogP contribution in [0, 0.1) is 0 Å².